The molecule has 12 nitrogen and oxygen atoms in total. The van der Waals surface area contributed by atoms with Gasteiger partial charge in [-0.1, -0.05) is 0 Å². The number of carbonyl (C=O) groups is 1. The SMILES string of the molecule is Cc1cc(Nc2cc(C(F)F)ccn2)nc(-c2ccc([C@](C)(O)C3CCC(C(=O)OC[C@H]4O[C@H](O)[C@H](O)[C@@H](O)[C@@H]4O)CC3)nc2)c1. The molecule has 0 radical (unpaired) electrons. The van der Waals surface area contributed by atoms with Crippen molar-refractivity contribution in [3.63, 3.8) is 0 Å². The Bertz CT molecular complexity index is 1500. The van der Waals surface area contributed by atoms with Crippen LogP contribution >= 0.6 is 0 Å². The van der Waals surface area contributed by atoms with Crippen LogP contribution in [0.2, 0.25) is 0 Å². The quantitative estimate of drug-likeness (QED) is 0.187. The second-order valence-corrected chi connectivity index (χ2v) is 12.1. The maximum atomic E-state index is 13.1. The molecule has 6 N–H and O–H groups in total. The molecule has 248 valence electrons. The van der Waals surface area contributed by atoms with E-state index in [9.17, 15) is 39.1 Å². The van der Waals surface area contributed by atoms with Crippen molar-refractivity contribution in [1.29, 1.82) is 0 Å². The van der Waals surface area contributed by atoms with Crippen molar-refractivity contribution < 1.29 is 48.6 Å². The summed E-state index contributed by atoms with van der Waals surface area (Å²) in [6.07, 6.45) is -5.50. The molecule has 3 aromatic rings. The van der Waals surface area contributed by atoms with Crippen LogP contribution in [0.4, 0.5) is 20.4 Å². The number of pyridine rings is 3. The van der Waals surface area contributed by atoms with E-state index in [4.69, 9.17) is 9.47 Å². The fraction of sp³-hybridized carbons (Fsp3) is 0.500. The van der Waals surface area contributed by atoms with E-state index in [-0.39, 0.29) is 17.3 Å². The summed E-state index contributed by atoms with van der Waals surface area (Å²) >= 11 is 0. The van der Waals surface area contributed by atoms with Crippen molar-refractivity contribution in [3.8, 4) is 11.3 Å². The Morgan fingerprint density at radius 1 is 1.02 bits per heavy atom. The normalized spacial score (nSPS) is 28.0. The van der Waals surface area contributed by atoms with Gasteiger partial charge in [-0.3, -0.25) is 9.78 Å². The fourth-order valence-corrected chi connectivity index (χ4v) is 5.96. The number of ether oxygens (including phenoxy) is 2. The average molecular weight is 645 g/mol. The van der Waals surface area contributed by atoms with Crippen LogP contribution in [0.25, 0.3) is 11.3 Å². The molecular weight excluding hydrogens is 606 g/mol. The van der Waals surface area contributed by atoms with Crippen molar-refractivity contribution in [3.05, 3.63) is 65.6 Å². The number of nitrogens with zero attached hydrogens (tertiary/aromatic N) is 3. The summed E-state index contributed by atoms with van der Waals surface area (Å²) in [6.45, 7) is 3.18. The molecule has 5 rings (SSSR count). The minimum Gasteiger partial charge on any atom is -0.463 e. The van der Waals surface area contributed by atoms with E-state index in [1.807, 2.05) is 13.0 Å². The standard InChI is InChI=1S/C32H38F2N4O8/c1-16-11-21(37-25(12-16)38-24-13-18(29(33)34)9-10-35-24)19-5-8-23(36-14-19)32(2,44)20-6-3-17(4-7-20)30(42)45-15-22-26(39)27(40)28(41)31(43)46-22/h5,8-14,17,20,22,26-29,31,39-41,43-44H,3-4,6-7,15H2,1-2H3,(H,35,37,38)/t17?,20?,22-,26-,27+,28-,31+,32-/m1/s1. The third kappa shape index (κ3) is 7.48. The molecule has 1 aliphatic carbocycles. The summed E-state index contributed by atoms with van der Waals surface area (Å²) < 4.78 is 36.6. The lowest BCUT2D eigenvalue weighted by atomic mass is 9.73. The zero-order valence-corrected chi connectivity index (χ0v) is 25.3. The number of alkyl halides is 2. The summed E-state index contributed by atoms with van der Waals surface area (Å²) in [6, 6.07) is 9.68. The molecule has 0 aromatic carbocycles. The van der Waals surface area contributed by atoms with Crippen LogP contribution in [0.15, 0.2) is 48.8 Å². The van der Waals surface area contributed by atoms with Gasteiger partial charge in [0.25, 0.3) is 6.43 Å². The first-order valence-corrected chi connectivity index (χ1v) is 15.1. The third-order valence-electron chi connectivity index (χ3n) is 8.77. The van der Waals surface area contributed by atoms with E-state index in [1.165, 1.54) is 18.3 Å². The van der Waals surface area contributed by atoms with Crippen LogP contribution in [0.5, 0.6) is 0 Å². The summed E-state index contributed by atoms with van der Waals surface area (Å²) in [5.41, 5.74) is 1.19. The molecule has 0 amide bonds. The molecule has 4 heterocycles. The second-order valence-electron chi connectivity index (χ2n) is 12.1. The number of anilines is 2. The molecule has 0 bridgehead atoms. The Morgan fingerprint density at radius 2 is 1.76 bits per heavy atom. The topological polar surface area (TPSA) is 187 Å². The van der Waals surface area contributed by atoms with Gasteiger partial charge in [0.1, 0.15) is 48.3 Å². The highest BCUT2D eigenvalue weighted by Gasteiger charge is 2.44. The van der Waals surface area contributed by atoms with Crippen molar-refractivity contribution in [2.24, 2.45) is 11.8 Å². The van der Waals surface area contributed by atoms with Crippen LogP contribution in [0.3, 0.4) is 0 Å². The first-order chi connectivity index (χ1) is 21.8. The summed E-state index contributed by atoms with van der Waals surface area (Å²) in [4.78, 5) is 25.9. The van der Waals surface area contributed by atoms with Gasteiger partial charge in [0, 0.05) is 23.5 Å². The molecule has 3 aromatic heterocycles. The van der Waals surface area contributed by atoms with Gasteiger partial charge >= 0.3 is 5.97 Å². The van der Waals surface area contributed by atoms with Crippen molar-refractivity contribution in [2.75, 3.05) is 11.9 Å². The van der Waals surface area contributed by atoms with Gasteiger partial charge in [0.2, 0.25) is 0 Å². The van der Waals surface area contributed by atoms with Crippen molar-refractivity contribution in [2.45, 2.75) is 82.3 Å². The number of aryl methyl sites for hydroxylation is 1. The number of aliphatic hydroxyl groups excluding tert-OH is 4. The number of aliphatic hydroxyl groups is 5. The van der Waals surface area contributed by atoms with Crippen LogP contribution in [-0.4, -0.2) is 83.8 Å². The first kappa shape index (κ1) is 33.7. The molecule has 46 heavy (non-hydrogen) atoms. The number of hydrogen-bond acceptors (Lipinski definition) is 12. The Labute approximate surface area is 264 Å². The number of hydrogen-bond donors (Lipinski definition) is 6. The lowest BCUT2D eigenvalue weighted by Crippen LogP contribution is -2.58. The molecule has 1 saturated heterocycles. The molecule has 0 spiro atoms. The highest BCUT2D eigenvalue weighted by atomic mass is 19.3. The summed E-state index contributed by atoms with van der Waals surface area (Å²) in [5, 5.41) is 53.7. The number of halogens is 2. The van der Waals surface area contributed by atoms with Crippen LogP contribution in [0, 0.1) is 18.8 Å². The molecule has 0 unspecified atom stereocenters. The fourth-order valence-electron chi connectivity index (χ4n) is 5.96. The third-order valence-corrected chi connectivity index (χ3v) is 8.77. The minimum absolute atomic E-state index is 0.151. The van der Waals surface area contributed by atoms with Gasteiger partial charge in [-0.15, -0.1) is 0 Å². The highest BCUT2D eigenvalue weighted by molar-refractivity contribution is 5.72. The second kappa shape index (κ2) is 14.0. The number of rotatable bonds is 9. The van der Waals surface area contributed by atoms with E-state index in [2.05, 4.69) is 20.3 Å². The average Bonchev–Trinajstić information content (AvgIpc) is 3.04. The first-order valence-electron chi connectivity index (χ1n) is 15.1. The monoisotopic (exact) mass is 644 g/mol. The van der Waals surface area contributed by atoms with Gasteiger partial charge in [0.05, 0.1) is 17.3 Å². The van der Waals surface area contributed by atoms with Gasteiger partial charge < -0.3 is 40.3 Å². The van der Waals surface area contributed by atoms with E-state index < -0.39 is 61.2 Å². The summed E-state index contributed by atoms with van der Waals surface area (Å²) in [7, 11) is 0. The van der Waals surface area contributed by atoms with E-state index in [1.54, 1.807) is 31.3 Å². The number of nitrogens with one attached hydrogen (secondary N) is 1. The summed E-state index contributed by atoms with van der Waals surface area (Å²) in [5.74, 6) is -0.464. The van der Waals surface area contributed by atoms with Gasteiger partial charge in [-0.25, -0.2) is 18.7 Å². The van der Waals surface area contributed by atoms with Crippen LogP contribution in [-0.2, 0) is 19.9 Å². The highest BCUT2D eigenvalue weighted by Crippen LogP contribution is 2.41. The maximum absolute atomic E-state index is 13.1. The lowest BCUT2D eigenvalue weighted by molar-refractivity contribution is -0.287. The van der Waals surface area contributed by atoms with Crippen molar-refractivity contribution in [1.82, 2.24) is 15.0 Å². The Balaban J connectivity index is 1.18. The maximum Gasteiger partial charge on any atom is 0.309 e. The van der Waals surface area contributed by atoms with Gasteiger partial charge in [-0.05, 0) is 87.4 Å². The van der Waals surface area contributed by atoms with Gasteiger partial charge in [0.15, 0.2) is 6.29 Å². The zero-order valence-electron chi connectivity index (χ0n) is 25.3. The largest absolute Gasteiger partial charge is 0.463 e. The molecule has 1 aliphatic heterocycles. The minimum atomic E-state index is -2.62. The molecule has 14 heteroatoms. The van der Waals surface area contributed by atoms with Crippen LogP contribution in [0.1, 0.15) is 55.9 Å². The lowest BCUT2D eigenvalue weighted by Gasteiger charge is -2.38. The Kier molecular flexibility index (Phi) is 10.2. The zero-order chi connectivity index (χ0) is 33.2. The predicted octanol–water partition coefficient (Wildman–Crippen LogP) is 2.89. The Morgan fingerprint density at radius 3 is 2.43 bits per heavy atom. The molecular formula is C32H38F2N4O8. The Hall–Kier alpha value is -3.66. The smallest absolute Gasteiger partial charge is 0.309 e. The van der Waals surface area contributed by atoms with E-state index >= 15 is 0 Å². The van der Waals surface area contributed by atoms with Crippen molar-refractivity contribution >= 4 is 17.6 Å². The van der Waals surface area contributed by atoms with Crippen LogP contribution < -0.4 is 5.32 Å². The molecule has 6 atom stereocenters. The molecule has 2 aliphatic rings. The number of aromatic nitrogens is 3. The molecule has 2 fully saturated rings. The van der Waals surface area contributed by atoms with Gasteiger partial charge in [-0.2, -0.15) is 0 Å². The van der Waals surface area contributed by atoms with E-state index in [0.717, 1.165) is 5.56 Å². The molecule has 1 saturated carbocycles. The van der Waals surface area contributed by atoms with E-state index in [0.29, 0.717) is 48.5 Å². The number of carbonyl (C=O) groups excluding carboxylic acids is 1. The predicted molar refractivity (Wildman–Crippen MR) is 160 cm³/mol. The number of esters is 1.